The second-order valence-electron chi connectivity index (χ2n) is 16.7. The van der Waals surface area contributed by atoms with Crippen molar-refractivity contribution in [3.05, 3.63) is 95.6 Å². The Balaban J connectivity index is 1.55. The molecule has 7 atom stereocenters. The monoisotopic (exact) mass is 921 g/mol. The number of primary amides is 1. The highest BCUT2D eigenvalue weighted by molar-refractivity contribution is 5.74. The van der Waals surface area contributed by atoms with E-state index in [2.05, 4.69) is 6.92 Å². The van der Waals surface area contributed by atoms with Crippen LogP contribution >= 0.6 is 0 Å². The number of amides is 1. The molecular weight excluding hydrogens is 851 g/mol. The van der Waals surface area contributed by atoms with Gasteiger partial charge in [0.1, 0.15) is 42.0 Å². The van der Waals surface area contributed by atoms with E-state index < -0.39 is 66.0 Å². The van der Waals surface area contributed by atoms with Gasteiger partial charge in [-0.2, -0.15) is 0 Å². The van der Waals surface area contributed by atoms with E-state index in [1.807, 2.05) is 78.9 Å². The van der Waals surface area contributed by atoms with Gasteiger partial charge in [0.15, 0.2) is 12.4 Å². The van der Waals surface area contributed by atoms with E-state index in [4.69, 9.17) is 48.4 Å². The van der Waals surface area contributed by atoms with Crippen molar-refractivity contribution in [2.75, 3.05) is 40.6 Å². The minimum atomic E-state index is -1.23. The van der Waals surface area contributed by atoms with Crippen LogP contribution in [-0.2, 0) is 57.9 Å². The average Bonchev–Trinajstić information content (AvgIpc) is 3.30. The molecule has 1 fully saturated rings. The topological polar surface area (TPSA) is 198 Å². The second kappa shape index (κ2) is 28.2. The van der Waals surface area contributed by atoms with Crippen molar-refractivity contribution in [1.29, 1.82) is 0 Å². The van der Waals surface area contributed by atoms with Crippen molar-refractivity contribution in [1.82, 2.24) is 0 Å². The lowest BCUT2D eigenvalue weighted by molar-refractivity contribution is -0.292. The van der Waals surface area contributed by atoms with Gasteiger partial charge in [0.25, 0.3) is 0 Å². The van der Waals surface area contributed by atoms with E-state index in [1.54, 1.807) is 14.2 Å². The van der Waals surface area contributed by atoms with Gasteiger partial charge in [-0.05, 0) is 53.8 Å². The molecule has 364 valence electrons. The summed E-state index contributed by atoms with van der Waals surface area (Å²) < 4.78 is 53.3. The number of hydrogen-bond acceptors (Lipinski definition) is 14. The maximum absolute atomic E-state index is 12.4. The molecule has 0 saturated carbocycles. The summed E-state index contributed by atoms with van der Waals surface area (Å²) in [5, 5.41) is 11.6. The summed E-state index contributed by atoms with van der Waals surface area (Å²) in [6.45, 7) is 5.35. The van der Waals surface area contributed by atoms with Gasteiger partial charge < -0.3 is 53.5 Å². The van der Waals surface area contributed by atoms with Gasteiger partial charge in [-0.25, -0.2) is 0 Å². The van der Waals surface area contributed by atoms with Crippen LogP contribution in [0.3, 0.4) is 0 Å². The number of ether oxygens (including phenoxy) is 9. The van der Waals surface area contributed by atoms with Crippen LogP contribution in [0.2, 0.25) is 0 Å². The molecule has 0 aliphatic carbocycles. The minimum Gasteiger partial charge on any atom is -0.497 e. The molecule has 0 bridgehead atoms. The fourth-order valence-electron chi connectivity index (χ4n) is 8.31. The molecule has 0 aromatic heterocycles. The first kappa shape index (κ1) is 53.6. The first-order valence-electron chi connectivity index (χ1n) is 23.1. The molecule has 0 radical (unpaired) electrons. The standard InChI is InChI=1S/C51H71NO14/c1-7-8-9-10-11-12-13-17-20-44(29-30-60-50-45(31-47(52)57)48(64-36(3)54)49(65-37(4)55)46(66-50)34-61-35(2)53)62-32-41(56)33-63-51(38-18-15-14-16-19-38,39-21-25-42(58-5)26-22-39)40-23-27-43(59-6)28-24-40/h14-16,18-19,21-28,41,44-46,48-50,56H,7-13,17,20,29-34H2,1-6H3,(H2,52,57)/t41-,44?,45+,46+,48+,49-,50+/m0/s1. The predicted molar refractivity (Wildman–Crippen MR) is 246 cm³/mol. The number of unbranched alkanes of at least 4 members (excludes halogenated alkanes) is 7. The average molecular weight is 922 g/mol. The van der Waals surface area contributed by atoms with Crippen molar-refractivity contribution in [2.24, 2.45) is 11.7 Å². The zero-order valence-electron chi connectivity index (χ0n) is 39.5. The fraction of sp³-hybridized carbons (Fsp3) is 0.569. The third-order valence-corrected chi connectivity index (χ3v) is 11.6. The quantitative estimate of drug-likeness (QED) is 0.0292. The van der Waals surface area contributed by atoms with Crippen LogP contribution in [-0.4, -0.2) is 106 Å². The Morgan fingerprint density at radius 2 is 1.24 bits per heavy atom. The Hall–Kier alpha value is -5.06. The van der Waals surface area contributed by atoms with Gasteiger partial charge in [0.2, 0.25) is 5.91 Å². The Kier molecular flexibility index (Phi) is 22.9. The molecule has 1 aliphatic heterocycles. The van der Waals surface area contributed by atoms with Gasteiger partial charge >= 0.3 is 17.9 Å². The van der Waals surface area contributed by atoms with Crippen LogP contribution in [0.1, 0.15) is 115 Å². The number of carbonyl (C=O) groups is 4. The van der Waals surface area contributed by atoms with Crippen LogP contribution < -0.4 is 15.2 Å². The highest BCUT2D eigenvalue weighted by atomic mass is 16.7. The van der Waals surface area contributed by atoms with Crippen LogP contribution in [0.15, 0.2) is 78.9 Å². The van der Waals surface area contributed by atoms with E-state index >= 15 is 0 Å². The molecule has 3 aromatic carbocycles. The van der Waals surface area contributed by atoms with Crippen LogP contribution in [0, 0.1) is 5.92 Å². The van der Waals surface area contributed by atoms with Gasteiger partial charge in [0.05, 0.1) is 46.1 Å². The summed E-state index contributed by atoms with van der Waals surface area (Å²) in [5.74, 6) is -2.34. The van der Waals surface area contributed by atoms with E-state index in [0.29, 0.717) is 24.3 Å². The summed E-state index contributed by atoms with van der Waals surface area (Å²) in [6, 6.07) is 25.1. The number of esters is 3. The molecule has 1 unspecified atom stereocenters. The number of aliphatic hydroxyl groups is 1. The number of hydrogen-bond donors (Lipinski definition) is 2. The Morgan fingerprint density at radius 3 is 1.77 bits per heavy atom. The minimum absolute atomic E-state index is 0.0505. The number of rotatable bonds is 30. The summed E-state index contributed by atoms with van der Waals surface area (Å²) in [7, 11) is 3.22. The lowest BCUT2D eigenvalue weighted by Gasteiger charge is -2.44. The van der Waals surface area contributed by atoms with Crippen molar-refractivity contribution in [3.63, 3.8) is 0 Å². The third-order valence-electron chi connectivity index (χ3n) is 11.6. The maximum Gasteiger partial charge on any atom is 0.303 e. The largest absolute Gasteiger partial charge is 0.497 e. The van der Waals surface area contributed by atoms with E-state index in [-0.39, 0.29) is 39.0 Å². The maximum atomic E-state index is 12.4. The lowest BCUT2D eigenvalue weighted by Crippen LogP contribution is -2.59. The molecule has 1 amide bonds. The molecule has 15 heteroatoms. The zero-order valence-corrected chi connectivity index (χ0v) is 39.5. The van der Waals surface area contributed by atoms with Gasteiger partial charge in [0, 0.05) is 27.2 Å². The predicted octanol–water partition coefficient (Wildman–Crippen LogP) is 7.34. The smallest absolute Gasteiger partial charge is 0.303 e. The lowest BCUT2D eigenvalue weighted by atomic mass is 9.80. The first-order chi connectivity index (χ1) is 31.8. The number of carbonyl (C=O) groups excluding carboxylic acids is 4. The number of aliphatic hydroxyl groups excluding tert-OH is 1. The zero-order chi connectivity index (χ0) is 47.9. The molecule has 1 aliphatic rings. The molecule has 3 aromatic rings. The van der Waals surface area contributed by atoms with Gasteiger partial charge in [-0.3, -0.25) is 19.2 Å². The fourth-order valence-corrected chi connectivity index (χ4v) is 8.31. The summed E-state index contributed by atoms with van der Waals surface area (Å²) in [5.41, 5.74) is 7.01. The Labute approximate surface area is 389 Å². The summed E-state index contributed by atoms with van der Waals surface area (Å²) >= 11 is 0. The molecule has 3 N–H and O–H groups in total. The second-order valence-corrected chi connectivity index (χ2v) is 16.7. The molecular formula is C51H71NO14. The van der Waals surface area contributed by atoms with E-state index in [9.17, 15) is 24.3 Å². The summed E-state index contributed by atoms with van der Waals surface area (Å²) in [6.07, 6.45) is 3.55. The molecule has 4 rings (SSSR count). The van der Waals surface area contributed by atoms with Crippen molar-refractivity contribution in [3.8, 4) is 11.5 Å². The molecule has 15 nitrogen and oxygen atoms in total. The first-order valence-corrected chi connectivity index (χ1v) is 23.1. The van der Waals surface area contributed by atoms with Gasteiger partial charge in [-0.1, -0.05) is 113 Å². The molecule has 0 spiro atoms. The number of nitrogens with two attached hydrogens (primary N) is 1. The van der Waals surface area contributed by atoms with Crippen LogP contribution in [0.4, 0.5) is 0 Å². The third kappa shape index (κ3) is 16.7. The molecule has 1 saturated heterocycles. The van der Waals surface area contributed by atoms with Crippen LogP contribution in [0.5, 0.6) is 11.5 Å². The van der Waals surface area contributed by atoms with Crippen molar-refractivity contribution >= 4 is 23.8 Å². The van der Waals surface area contributed by atoms with Crippen molar-refractivity contribution in [2.45, 2.75) is 141 Å². The highest BCUT2D eigenvalue weighted by Crippen LogP contribution is 2.42. The normalized spacial score (nSPS) is 19.3. The van der Waals surface area contributed by atoms with E-state index in [0.717, 1.165) is 42.4 Å². The SMILES string of the molecule is CCCCCCCCCCC(CCO[C@@H]1O[C@H](COC(C)=O)[C@H](OC(C)=O)[C@H](OC(C)=O)[C@H]1CC(N)=O)OC[C@H](O)COC(c1ccccc1)(c1ccc(OC)cc1)c1ccc(OC)cc1. The number of benzene rings is 3. The van der Waals surface area contributed by atoms with Crippen LogP contribution in [0.25, 0.3) is 0 Å². The van der Waals surface area contributed by atoms with Crippen molar-refractivity contribution < 1.29 is 66.9 Å². The highest BCUT2D eigenvalue weighted by Gasteiger charge is 2.51. The van der Waals surface area contributed by atoms with Gasteiger partial charge in [-0.15, -0.1) is 0 Å². The molecule has 66 heavy (non-hydrogen) atoms. The Morgan fingerprint density at radius 1 is 0.697 bits per heavy atom. The molecule has 1 heterocycles. The van der Waals surface area contributed by atoms with E-state index in [1.165, 1.54) is 46.5 Å². The number of methoxy groups -OCH3 is 2. The Bertz CT molecular complexity index is 1840. The summed E-state index contributed by atoms with van der Waals surface area (Å²) in [4.78, 5) is 48.8.